The summed E-state index contributed by atoms with van der Waals surface area (Å²) in [6, 6.07) is 0. The lowest BCUT2D eigenvalue weighted by atomic mass is 9.96. The van der Waals surface area contributed by atoms with E-state index in [4.69, 9.17) is 10.5 Å². The van der Waals surface area contributed by atoms with Gasteiger partial charge in [0.05, 0.1) is 12.5 Å². The van der Waals surface area contributed by atoms with Crippen LogP contribution in [0.4, 0.5) is 0 Å². The van der Waals surface area contributed by atoms with Crippen molar-refractivity contribution in [3.8, 4) is 0 Å². The van der Waals surface area contributed by atoms with Crippen LogP contribution in [0.25, 0.3) is 0 Å². The first-order valence-corrected chi connectivity index (χ1v) is 4.66. The molecule has 0 bridgehead atoms. The number of carbonyl (C=O) groups excluding carboxylic acids is 1. The first kappa shape index (κ1) is 9.52. The van der Waals surface area contributed by atoms with Gasteiger partial charge < -0.3 is 10.5 Å². The summed E-state index contributed by atoms with van der Waals surface area (Å²) < 4.78 is 4.96. The summed E-state index contributed by atoms with van der Waals surface area (Å²) in [4.78, 5) is 11.3. The van der Waals surface area contributed by atoms with Gasteiger partial charge in [-0.3, -0.25) is 4.79 Å². The molecular formula is C9H17NO2. The van der Waals surface area contributed by atoms with Crippen LogP contribution in [0.5, 0.6) is 0 Å². The summed E-state index contributed by atoms with van der Waals surface area (Å²) in [5.41, 5.74) is 5.55. The fraction of sp³-hybridized carbons (Fsp3) is 0.889. The zero-order valence-corrected chi connectivity index (χ0v) is 7.58. The standard InChI is InChI=1S/C9H17NO2/c1-2-12-9(11)8-5-3-4-7(8)6-10/h7-8H,2-6,10H2,1H3. The first-order chi connectivity index (χ1) is 5.79. The molecule has 2 atom stereocenters. The van der Waals surface area contributed by atoms with Crippen molar-refractivity contribution in [1.82, 2.24) is 0 Å². The molecule has 2 N–H and O–H groups in total. The molecule has 0 heterocycles. The van der Waals surface area contributed by atoms with Crippen LogP contribution in [0, 0.1) is 11.8 Å². The monoisotopic (exact) mass is 171 g/mol. The van der Waals surface area contributed by atoms with E-state index in [-0.39, 0.29) is 11.9 Å². The van der Waals surface area contributed by atoms with Crippen LogP contribution in [-0.4, -0.2) is 19.1 Å². The molecule has 0 aromatic carbocycles. The molecular weight excluding hydrogens is 154 g/mol. The molecule has 0 saturated heterocycles. The molecule has 1 aliphatic rings. The Morgan fingerprint density at radius 3 is 2.92 bits per heavy atom. The second-order valence-corrected chi connectivity index (χ2v) is 3.29. The van der Waals surface area contributed by atoms with E-state index in [0.717, 1.165) is 19.3 Å². The van der Waals surface area contributed by atoms with Crippen molar-refractivity contribution in [3.05, 3.63) is 0 Å². The van der Waals surface area contributed by atoms with Gasteiger partial charge in [-0.1, -0.05) is 6.42 Å². The topological polar surface area (TPSA) is 52.3 Å². The number of hydrogen-bond acceptors (Lipinski definition) is 3. The largest absolute Gasteiger partial charge is 0.466 e. The van der Waals surface area contributed by atoms with Crippen molar-refractivity contribution in [2.75, 3.05) is 13.2 Å². The second-order valence-electron chi connectivity index (χ2n) is 3.29. The number of ether oxygens (including phenoxy) is 1. The Labute approximate surface area is 73.3 Å². The van der Waals surface area contributed by atoms with E-state index in [2.05, 4.69) is 0 Å². The molecule has 1 aliphatic carbocycles. The zero-order valence-electron chi connectivity index (χ0n) is 7.58. The third-order valence-electron chi connectivity index (χ3n) is 2.55. The average molecular weight is 171 g/mol. The molecule has 70 valence electrons. The zero-order chi connectivity index (χ0) is 8.97. The highest BCUT2D eigenvalue weighted by molar-refractivity contribution is 5.73. The first-order valence-electron chi connectivity index (χ1n) is 4.66. The second kappa shape index (κ2) is 4.45. The lowest BCUT2D eigenvalue weighted by Crippen LogP contribution is -2.26. The van der Waals surface area contributed by atoms with Crippen molar-refractivity contribution in [2.24, 2.45) is 17.6 Å². The van der Waals surface area contributed by atoms with Gasteiger partial charge in [-0.2, -0.15) is 0 Å². The van der Waals surface area contributed by atoms with Gasteiger partial charge in [0.25, 0.3) is 0 Å². The molecule has 0 spiro atoms. The van der Waals surface area contributed by atoms with Crippen LogP contribution in [0.2, 0.25) is 0 Å². The summed E-state index contributed by atoms with van der Waals surface area (Å²) >= 11 is 0. The van der Waals surface area contributed by atoms with Gasteiger partial charge in [-0.15, -0.1) is 0 Å². The molecule has 0 aromatic rings. The Balaban J connectivity index is 2.43. The van der Waals surface area contributed by atoms with Crippen molar-refractivity contribution in [1.29, 1.82) is 0 Å². The summed E-state index contributed by atoms with van der Waals surface area (Å²) in [7, 11) is 0. The molecule has 3 nitrogen and oxygen atoms in total. The minimum absolute atomic E-state index is 0.0505. The molecule has 0 radical (unpaired) electrons. The quantitative estimate of drug-likeness (QED) is 0.642. The summed E-state index contributed by atoms with van der Waals surface area (Å²) in [5.74, 6) is 0.393. The van der Waals surface area contributed by atoms with E-state index in [1.807, 2.05) is 6.92 Å². The van der Waals surface area contributed by atoms with Gasteiger partial charge in [-0.05, 0) is 32.2 Å². The molecule has 1 rings (SSSR count). The summed E-state index contributed by atoms with van der Waals surface area (Å²) in [6.45, 7) is 2.93. The van der Waals surface area contributed by atoms with Crippen LogP contribution in [-0.2, 0) is 9.53 Å². The highest BCUT2D eigenvalue weighted by Gasteiger charge is 2.32. The highest BCUT2D eigenvalue weighted by atomic mass is 16.5. The maximum atomic E-state index is 11.3. The van der Waals surface area contributed by atoms with Crippen molar-refractivity contribution >= 4 is 5.97 Å². The Hall–Kier alpha value is -0.570. The molecule has 0 aliphatic heterocycles. The van der Waals surface area contributed by atoms with Crippen molar-refractivity contribution in [3.63, 3.8) is 0 Å². The van der Waals surface area contributed by atoms with Gasteiger partial charge in [0.15, 0.2) is 0 Å². The lowest BCUT2D eigenvalue weighted by molar-refractivity contribution is -0.149. The minimum Gasteiger partial charge on any atom is -0.466 e. The fourth-order valence-electron chi connectivity index (χ4n) is 1.88. The third-order valence-corrected chi connectivity index (χ3v) is 2.55. The predicted molar refractivity (Wildman–Crippen MR) is 46.5 cm³/mol. The minimum atomic E-state index is -0.0505. The van der Waals surface area contributed by atoms with Crippen molar-refractivity contribution < 1.29 is 9.53 Å². The van der Waals surface area contributed by atoms with Gasteiger partial charge in [0.1, 0.15) is 0 Å². The van der Waals surface area contributed by atoms with Gasteiger partial charge in [0.2, 0.25) is 0 Å². The number of hydrogen-bond donors (Lipinski definition) is 1. The number of rotatable bonds is 3. The van der Waals surface area contributed by atoms with E-state index in [0.29, 0.717) is 19.1 Å². The Kier molecular flexibility index (Phi) is 3.53. The SMILES string of the molecule is CCOC(=O)C1CCCC1CN. The van der Waals surface area contributed by atoms with Gasteiger partial charge in [0, 0.05) is 0 Å². The highest BCUT2D eigenvalue weighted by Crippen LogP contribution is 2.31. The molecule has 12 heavy (non-hydrogen) atoms. The fourth-order valence-corrected chi connectivity index (χ4v) is 1.88. The molecule has 1 fully saturated rings. The number of esters is 1. The molecule has 0 aromatic heterocycles. The van der Waals surface area contributed by atoms with Crippen molar-refractivity contribution in [2.45, 2.75) is 26.2 Å². The maximum absolute atomic E-state index is 11.3. The predicted octanol–water partition coefficient (Wildman–Crippen LogP) is 0.924. The van der Waals surface area contributed by atoms with Gasteiger partial charge in [-0.25, -0.2) is 0 Å². The molecule has 3 heteroatoms. The maximum Gasteiger partial charge on any atom is 0.309 e. The van der Waals surface area contributed by atoms with E-state index in [1.165, 1.54) is 0 Å². The van der Waals surface area contributed by atoms with E-state index in [1.54, 1.807) is 0 Å². The third kappa shape index (κ3) is 1.97. The Morgan fingerprint density at radius 2 is 2.33 bits per heavy atom. The van der Waals surface area contributed by atoms with Crippen LogP contribution >= 0.6 is 0 Å². The van der Waals surface area contributed by atoms with Crippen LogP contribution in [0.15, 0.2) is 0 Å². The average Bonchev–Trinajstić information content (AvgIpc) is 2.51. The Bertz CT molecular complexity index is 159. The number of nitrogens with two attached hydrogens (primary N) is 1. The molecule has 0 amide bonds. The lowest BCUT2D eigenvalue weighted by Gasteiger charge is -2.15. The summed E-state index contributed by atoms with van der Waals surface area (Å²) in [6.07, 6.45) is 3.16. The number of carbonyl (C=O) groups is 1. The van der Waals surface area contributed by atoms with E-state index >= 15 is 0 Å². The van der Waals surface area contributed by atoms with Crippen LogP contribution < -0.4 is 5.73 Å². The Morgan fingerprint density at radius 1 is 1.58 bits per heavy atom. The smallest absolute Gasteiger partial charge is 0.309 e. The van der Waals surface area contributed by atoms with E-state index in [9.17, 15) is 4.79 Å². The van der Waals surface area contributed by atoms with E-state index < -0.39 is 0 Å². The molecule has 2 unspecified atom stereocenters. The van der Waals surface area contributed by atoms with Gasteiger partial charge >= 0.3 is 5.97 Å². The summed E-state index contributed by atoms with van der Waals surface area (Å²) in [5, 5.41) is 0. The van der Waals surface area contributed by atoms with Crippen LogP contribution in [0.1, 0.15) is 26.2 Å². The normalized spacial score (nSPS) is 28.8. The van der Waals surface area contributed by atoms with Crippen LogP contribution in [0.3, 0.4) is 0 Å². The molecule has 1 saturated carbocycles.